The number of rotatable bonds is 5. The molecule has 0 unspecified atom stereocenters. The third kappa shape index (κ3) is 5.25. The summed E-state index contributed by atoms with van der Waals surface area (Å²) in [6.45, 7) is 0. The third-order valence-corrected chi connectivity index (χ3v) is 15.6. The molecule has 12 heteroatoms. The van der Waals surface area contributed by atoms with Gasteiger partial charge in [-0.05, 0) is 117 Å². The minimum absolute atomic E-state index is 0.0126. The van der Waals surface area contributed by atoms with Gasteiger partial charge in [-0.25, -0.2) is 0 Å². The number of phenolic OH excluding ortho intramolecular Hbond substituents is 8. The Kier molecular flexibility index (Phi) is 8.12. The van der Waals surface area contributed by atoms with E-state index in [-0.39, 0.29) is 57.5 Å². The van der Waals surface area contributed by atoms with Crippen molar-refractivity contribution in [2.75, 3.05) is 0 Å². The summed E-state index contributed by atoms with van der Waals surface area (Å²) >= 11 is 0. The monoisotopic (exact) mass is 904 g/mol. The maximum atomic E-state index is 16.7. The second-order valence-electron chi connectivity index (χ2n) is 18.9. The predicted molar refractivity (Wildman–Crippen MR) is 244 cm³/mol. The minimum Gasteiger partial charge on any atom is -0.508 e. The van der Waals surface area contributed by atoms with Gasteiger partial charge in [0.1, 0.15) is 69.7 Å². The van der Waals surface area contributed by atoms with Crippen molar-refractivity contribution >= 4 is 11.6 Å². The van der Waals surface area contributed by atoms with Gasteiger partial charge < -0.3 is 50.3 Å². The molecule has 0 amide bonds. The number of carbonyl (C=O) groups excluding carboxylic acids is 2. The van der Waals surface area contributed by atoms with Crippen LogP contribution in [0, 0.1) is 11.3 Å². The van der Waals surface area contributed by atoms with Gasteiger partial charge in [-0.15, -0.1) is 0 Å². The van der Waals surface area contributed by atoms with Gasteiger partial charge in [-0.1, -0.05) is 48.5 Å². The molecule has 10 atom stereocenters. The lowest BCUT2D eigenvalue weighted by molar-refractivity contribution is -0.135. The minimum atomic E-state index is -1.64. The maximum Gasteiger partial charge on any atom is 0.166 e. The summed E-state index contributed by atoms with van der Waals surface area (Å²) in [7, 11) is 0. The molecule has 1 fully saturated rings. The molecular formula is C56H40O12. The first-order chi connectivity index (χ1) is 32.8. The second-order valence-corrected chi connectivity index (χ2v) is 18.9. The molecule has 7 aromatic rings. The molecule has 7 aromatic carbocycles. The van der Waals surface area contributed by atoms with E-state index in [9.17, 15) is 40.9 Å². The van der Waals surface area contributed by atoms with Crippen LogP contribution in [0.4, 0.5) is 0 Å². The van der Waals surface area contributed by atoms with E-state index in [1.807, 2.05) is 0 Å². The number of fused-ring (bicyclic) bond motifs is 9. The van der Waals surface area contributed by atoms with E-state index in [1.54, 1.807) is 72.8 Å². The molecular weight excluding hydrogens is 865 g/mol. The van der Waals surface area contributed by atoms with E-state index >= 15 is 9.59 Å². The molecule has 0 aromatic heterocycles. The zero-order chi connectivity index (χ0) is 46.7. The lowest BCUT2D eigenvalue weighted by Gasteiger charge is -2.52. The van der Waals surface area contributed by atoms with Crippen molar-refractivity contribution in [2.24, 2.45) is 11.3 Å². The molecule has 1 saturated carbocycles. The Morgan fingerprint density at radius 3 is 1.47 bits per heavy atom. The standard InChI is InChI=1S/C56H40O12/c57-29-9-1-24(2-10-29)42-48-38(64)22-37-46-44-36(20-35(63)21-40(44)67-54(46)27-7-15-32(60)16-8-27)45-47-39(65)23-41-49(50(47)52(42)56(37,55(48)66)51(45)25-3-11-30(58)12-4-25)43(28-17-33(61)19-34(62)18-28)53(68-41)26-5-13-31(59)14-6-26/h1-23,42-43,45-46,48,51-54,57-63,65H/t42-,43+,45+,46+,48+,51-,52-,53-,54-,56+/m0/s1. The Morgan fingerprint density at radius 2 is 0.897 bits per heavy atom. The molecule has 1 spiro atoms. The number of carbonyl (C=O) groups is 2. The van der Waals surface area contributed by atoms with Crippen molar-refractivity contribution < 1.29 is 59.9 Å². The zero-order valence-corrected chi connectivity index (χ0v) is 35.7. The highest BCUT2D eigenvalue weighted by Crippen LogP contribution is 2.80. The topological polar surface area (TPSA) is 214 Å². The van der Waals surface area contributed by atoms with E-state index in [0.717, 1.165) is 0 Å². The van der Waals surface area contributed by atoms with Crippen molar-refractivity contribution in [1.29, 1.82) is 0 Å². The zero-order valence-electron chi connectivity index (χ0n) is 35.7. The van der Waals surface area contributed by atoms with Gasteiger partial charge in [0, 0.05) is 58.6 Å². The summed E-state index contributed by atoms with van der Waals surface area (Å²) in [6, 6.07) is 35.0. The number of Topliss-reactive ketones (excluding diaryl/α,β-unsaturated/α-hetero) is 1. The summed E-state index contributed by atoms with van der Waals surface area (Å²) in [5.74, 6) is -7.69. The third-order valence-electron chi connectivity index (χ3n) is 15.6. The van der Waals surface area contributed by atoms with E-state index in [2.05, 4.69) is 0 Å². The quantitative estimate of drug-likeness (QED) is 0.0759. The largest absolute Gasteiger partial charge is 0.508 e. The maximum absolute atomic E-state index is 16.7. The predicted octanol–water partition coefficient (Wildman–Crippen LogP) is 9.32. The SMILES string of the molecule is O=C1C=C2[C@@H]3c4c(cc(O)cc4[C@@H]4c5c(O)cc6c(c5[C@@H]5[C@@H](c7ccc(O)cc7)[C@@H]1C(=O)[C@@]25[C@H]4c1ccc(O)cc1)[C@@H](c1cc(O)cc(O)c1)[C@H](c1ccc(O)cc1)O6)O[C@H]3c1ccc(O)cc1. The average molecular weight is 905 g/mol. The highest BCUT2D eigenvalue weighted by molar-refractivity contribution is 6.18. The normalized spacial score (nSPS) is 27.6. The molecule has 6 aliphatic rings. The first-order valence-electron chi connectivity index (χ1n) is 22.4. The first kappa shape index (κ1) is 39.9. The number of aromatic hydroxyl groups is 8. The van der Waals surface area contributed by atoms with E-state index < -0.39 is 64.8 Å². The van der Waals surface area contributed by atoms with Crippen LogP contribution in [0.3, 0.4) is 0 Å². The summed E-state index contributed by atoms with van der Waals surface area (Å²) in [4.78, 5) is 32.0. The van der Waals surface area contributed by atoms with Crippen molar-refractivity contribution in [3.05, 3.63) is 201 Å². The smallest absolute Gasteiger partial charge is 0.166 e. The average Bonchev–Trinajstić information content (AvgIpc) is 3.92. The van der Waals surface area contributed by atoms with Gasteiger partial charge in [-0.3, -0.25) is 9.59 Å². The van der Waals surface area contributed by atoms with Gasteiger partial charge in [-0.2, -0.15) is 0 Å². The molecule has 3 bridgehead atoms. The Hall–Kier alpha value is -8.38. The van der Waals surface area contributed by atoms with Crippen LogP contribution in [-0.2, 0) is 9.59 Å². The molecule has 2 heterocycles. The van der Waals surface area contributed by atoms with Crippen LogP contribution in [0.2, 0.25) is 0 Å². The molecule has 336 valence electrons. The molecule has 0 radical (unpaired) electrons. The Balaban J connectivity index is 1.21. The molecule has 8 N–H and O–H groups in total. The van der Waals surface area contributed by atoms with Gasteiger partial charge in [0.2, 0.25) is 0 Å². The fourth-order valence-corrected chi connectivity index (χ4v) is 13.4. The Labute approximate surface area is 387 Å². The Bertz CT molecular complexity index is 3340. The number of phenols is 8. The van der Waals surface area contributed by atoms with Crippen molar-refractivity contribution in [3.8, 4) is 57.5 Å². The fourth-order valence-electron chi connectivity index (χ4n) is 13.4. The number of benzene rings is 7. The molecule has 12 nitrogen and oxygen atoms in total. The van der Waals surface area contributed by atoms with Gasteiger partial charge in [0.15, 0.2) is 11.6 Å². The fraction of sp³-hybridized carbons (Fsp3) is 0.179. The van der Waals surface area contributed by atoms with Crippen LogP contribution in [0.25, 0.3) is 0 Å². The van der Waals surface area contributed by atoms with Crippen LogP contribution in [0.15, 0.2) is 145 Å². The van der Waals surface area contributed by atoms with Crippen LogP contribution in [0.1, 0.15) is 103 Å². The highest BCUT2D eigenvalue weighted by atomic mass is 16.5. The Morgan fingerprint density at radius 1 is 0.397 bits per heavy atom. The van der Waals surface area contributed by atoms with Crippen LogP contribution >= 0.6 is 0 Å². The molecule has 2 aliphatic heterocycles. The highest BCUT2D eigenvalue weighted by Gasteiger charge is 2.76. The molecule has 4 aliphatic carbocycles. The summed E-state index contributed by atoms with van der Waals surface area (Å²) in [5, 5.41) is 89.3. The van der Waals surface area contributed by atoms with Crippen molar-refractivity contribution in [1.82, 2.24) is 0 Å². The summed E-state index contributed by atoms with van der Waals surface area (Å²) in [5.41, 5.74) is 4.33. The first-order valence-corrected chi connectivity index (χ1v) is 22.4. The number of hydrogen-bond acceptors (Lipinski definition) is 12. The van der Waals surface area contributed by atoms with Crippen LogP contribution in [-0.4, -0.2) is 52.4 Å². The lowest BCUT2D eigenvalue weighted by Crippen LogP contribution is -2.49. The summed E-state index contributed by atoms with van der Waals surface area (Å²) in [6.07, 6.45) is -0.143. The van der Waals surface area contributed by atoms with E-state index in [0.29, 0.717) is 67.0 Å². The van der Waals surface area contributed by atoms with Crippen molar-refractivity contribution in [2.45, 2.75) is 47.7 Å². The second kappa shape index (κ2) is 13.8. The molecule has 0 saturated heterocycles. The lowest BCUT2D eigenvalue weighted by atomic mass is 9.48. The van der Waals surface area contributed by atoms with Crippen LogP contribution in [0.5, 0.6) is 57.5 Å². The van der Waals surface area contributed by atoms with Gasteiger partial charge in [0.25, 0.3) is 0 Å². The van der Waals surface area contributed by atoms with E-state index in [1.165, 1.54) is 66.7 Å². The summed E-state index contributed by atoms with van der Waals surface area (Å²) < 4.78 is 13.8. The van der Waals surface area contributed by atoms with Crippen molar-refractivity contribution in [3.63, 3.8) is 0 Å². The number of hydrogen-bond donors (Lipinski definition) is 8. The molecule has 68 heavy (non-hydrogen) atoms. The van der Waals surface area contributed by atoms with Crippen LogP contribution < -0.4 is 9.47 Å². The number of allylic oxidation sites excluding steroid dienone is 1. The van der Waals surface area contributed by atoms with E-state index in [4.69, 9.17) is 9.47 Å². The van der Waals surface area contributed by atoms with Gasteiger partial charge in [0.05, 0.1) is 23.2 Å². The number of ether oxygens (including phenoxy) is 2. The molecule has 13 rings (SSSR count). The number of ketones is 2. The van der Waals surface area contributed by atoms with Gasteiger partial charge >= 0.3 is 0 Å².